The molecule has 1 aliphatic carbocycles. The van der Waals surface area contributed by atoms with Crippen molar-refractivity contribution >= 4 is 12.0 Å². The number of hydrogen-bond acceptors (Lipinski definition) is 4. The summed E-state index contributed by atoms with van der Waals surface area (Å²) in [5.74, 6) is 1.00. The number of likely N-dealkylation sites (tertiary alicyclic amines) is 1. The molecule has 6 heteroatoms. The molecule has 1 aliphatic heterocycles. The maximum absolute atomic E-state index is 13.3. The Hall–Kier alpha value is -3.64. The second-order valence-corrected chi connectivity index (χ2v) is 12.3. The van der Waals surface area contributed by atoms with E-state index in [4.69, 9.17) is 4.74 Å². The molecular formula is C37H47N3O3. The van der Waals surface area contributed by atoms with Crippen molar-refractivity contribution in [3.8, 4) is 0 Å². The van der Waals surface area contributed by atoms with Gasteiger partial charge in [0, 0.05) is 57.3 Å². The molecule has 3 aromatic carbocycles. The summed E-state index contributed by atoms with van der Waals surface area (Å²) in [6.07, 6.45) is 5.40. The Morgan fingerprint density at radius 2 is 1.47 bits per heavy atom. The summed E-state index contributed by atoms with van der Waals surface area (Å²) in [7, 11) is 1.97. The Morgan fingerprint density at radius 3 is 2.12 bits per heavy atom. The molecule has 1 saturated carbocycles. The van der Waals surface area contributed by atoms with Gasteiger partial charge in [0.2, 0.25) is 0 Å². The van der Waals surface area contributed by atoms with Crippen molar-refractivity contribution in [3.05, 3.63) is 108 Å². The van der Waals surface area contributed by atoms with Gasteiger partial charge in [-0.25, -0.2) is 4.79 Å². The molecule has 5 rings (SSSR count). The zero-order valence-corrected chi connectivity index (χ0v) is 25.8. The first-order valence-corrected chi connectivity index (χ1v) is 16.1. The summed E-state index contributed by atoms with van der Waals surface area (Å²) in [5.41, 5.74) is 3.31. The van der Waals surface area contributed by atoms with Gasteiger partial charge >= 0.3 is 6.09 Å². The second kappa shape index (κ2) is 15.2. The summed E-state index contributed by atoms with van der Waals surface area (Å²) in [5, 5.41) is 0. The third kappa shape index (κ3) is 8.05. The van der Waals surface area contributed by atoms with E-state index >= 15 is 0 Å². The highest BCUT2D eigenvalue weighted by Gasteiger charge is 2.40. The topological polar surface area (TPSA) is 53.1 Å². The van der Waals surface area contributed by atoms with Crippen LogP contribution in [0.25, 0.3) is 0 Å². The van der Waals surface area contributed by atoms with Gasteiger partial charge in [0.1, 0.15) is 0 Å². The number of piperidine rings is 1. The second-order valence-electron chi connectivity index (χ2n) is 12.3. The third-order valence-electron chi connectivity index (χ3n) is 9.44. The zero-order chi connectivity index (χ0) is 30.0. The molecule has 2 amide bonds. The van der Waals surface area contributed by atoms with Crippen molar-refractivity contribution in [2.75, 3.05) is 39.8 Å². The highest BCUT2D eigenvalue weighted by atomic mass is 16.6. The van der Waals surface area contributed by atoms with E-state index in [2.05, 4.69) is 54.3 Å². The van der Waals surface area contributed by atoms with E-state index in [-0.39, 0.29) is 24.1 Å². The van der Waals surface area contributed by atoms with E-state index in [1.54, 1.807) is 0 Å². The van der Waals surface area contributed by atoms with Crippen molar-refractivity contribution in [1.82, 2.24) is 14.7 Å². The Morgan fingerprint density at radius 1 is 0.837 bits per heavy atom. The summed E-state index contributed by atoms with van der Waals surface area (Å²) in [4.78, 5) is 32.9. The van der Waals surface area contributed by atoms with Gasteiger partial charge in [-0.15, -0.1) is 0 Å². The molecule has 43 heavy (non-hydrogen) atoms. The fourth-order valence-electron chi connectivity index (χ4n) is 7.07. The summed E-state index contributed by atoms with van der Waals surface area (Å²) in [6.45, 7) is 6.24. The first kappa shape index (κ1) is 30.8. The van der Waals surface area contributed by atoms with Crippen molar-refractivity contribution in [1.29, 1.82) is 0 Å². The number of amides is 2. The van der Waals surface area contributed by atoms with Crippen molar-refractivity contribution in [2.24, 2.45) is 5.92 Å². The third-order valence-corrected chi connectivity index (χ3v) is 9.44. The molecule has 1 heterocycles. The van der Waals surface area contributed by atoms with Crippen LogP contribution in [-0.2, 0) is 11.2 Å². The lowest BCUT2D eigenvalue weighted by Crippen LogP contribution is -2.48. The van der Waals surface area contributed by atoms with Crippen LogP contribution < -0.4 is 0 Å². The minimum absolute atomic E-state index is 0.102. The van der Waals surface area contributed by atoms with E-state index in [9.17, 15) is 9.59 Å². The maximum Gasteiger partial charge on any atom is 0.410 e. The maximum atomic E-state index is 13.3. The van der Waals surface area contributed by atoms with E-state index in [0.29, 0.717) is 18.4 Å². The van der Waals surface area contributed by atoms with E-state index in [0.717, 1.165) is 70.3 Å². The van der Waals surface area contributed by atoms with E-state index < -0.39 is 0 Å². The smallest absolute Gasteiger partial charge is 0.410 e. The van der Waals surface area contributed by atoms with Gasteiger partial charge in [0.25, 0.3) is 5.91 Å². The van der Waals surface area contributed by atoms with Crippen LogP contribution in [0.5, 0.6) is 0 Å². The van der Waals surface area contributed by atoms with Gasteiger partial charge in [-0.3, -0.25) is 4.79 Å². The molecule has 3 aromatic rings. The average Bonchev–Trinajstić information content (AvgIpc) is 3.48. The van der Waals surface area contributed by atoms with Gasteiger partial charge in [0.05, 0.1) is 6.61 Å². The molecule has 1 saturated heterocycles. The molecule has 3 unspecified atom stereocenters. The molecule has 2 aliphatic rings. The first-order valence-electron chi connectivity index (χ1n) is 16.1. The lowest BCUT2D eigenvalue weighted by atomic mass is 9.88. The Kier molecular flexibility index (Phi) is 10.9. The zero-order valence-electron chi connectivity index (χ0n) is 25.8. The summed E-state index contributed by atoms with van der Waals surface area (Å²) in [6, 6.07) is 31.1. The summed E-state index contributed by atoms with van der Waals surface area (Å²) >= 11 is 0. The van der Waals surface area contributed by atoms with Crippen molar-refractivity contribution in [3.63, 3.8) is 0 Å². The number of carbonyl (C=O) groups is 2. The molecule has 6 nitrogen and oxygen atoms in total. The SMILES string of the molecule is CCCN(C(=O)OCCc1ccccc1)C1CCN(CC2CC(N(C)C(=O)c3ccccc3)CC2c2ccccc2)CC1. The predicted molar refractivity (Wildman–Crippen MR) is 172 cm³/mol. The molecule has 0 N–H and O–H groups in total. The van der Waals surface area contributed by atoms with Crippen LogP contribution in [0.4, 0.5) is 4.79 Å². The Balaban J connectivity index is 1.17. The number of ether oxygens (including phenoxy) is 1. The number of rotatable bonds is 11. The van der Waals surface area contributed by atoms with E-state index in [1.807, 2.05) is 65.4 Å². The molecule has 0 aromatic heterocycles. The highest BCUT2D eigenvalue weighted by Crippen LogP contribution is 2.42. The quantitative estimate of drug-likeness (QED) is 0.248. The van der Waals surface area contributed by atoms with E-state index in [1.165, 1.54) is 11.1 Å². The van der Waals surface area contributed by atoms with Gasteiger partial charge in [-0.1, -0.05) is 85.8 Å². The molecule has 3 atom stereocenters. The van der Waals surface area contributed by atoms with Crippen LogP contribution >= 0.6 is 0 Å². The lowest BCUT2D eigenvalue weighted by molar-refractivity contribution is 0.0615. The Labute approximate surface area is 257 Å². The molecule has 0 radical (unpaired) electrons. The van der Waals surface area contributed by atoms with Crippen LogP contribution in [-0.4, -0.2) is 78.6 Å². The van der Waals surface area contributed by atoms with Crippen LogP contribution in [0, 0.1) is 5.92 Å². The Bertz CT molecular complexity index is 1280. The van der Waals surface area contributed by atoms with Crippen LogP contribution in [0.1, 0.15) is 66.4 Å². The van der Waals surface area contributed by atoms with Gasteiger partial charge < -0.3 is 19.4 Å². The normalized spacial score (nSPS) is 20.9. The van der Waals surface area contributed by atoms with Crippen LogP contribution in [0.2, 0.25) is 0 Å². The highest BCUT2D eigenvalue weighted by molar-refractivity contribution is 5.94. The van der Waals surface area contributed by atoms with Crippen LogP contribution in [0.15, 0.2) is 91.0 Å². The number of hydrogen-bond donors (Lipinski definition) is 0. The standard InChI is InChI=1S/C37H47N3O3/c1-3-22-40(37(42)43-25-21-29-13-7-4-8-14-29)33-19-23-39(24-20-33)28-32-26-34(27-35(32)30-15-9-5-10-16-30)38(2)36(41)31-17-11-6-12-18-31/h4-18,32-35H,3,19-28H2,1-2H3. The fourth-order valence-corrected chi connectivity index (χ4v) is 7.07. The van der Waals surface area contributed by atoms with Crippen molar-refractivity contribution < 1.29 is 14.3 Å². The monoisotopic (exact) mass is 581 g/mol. The first-order chi connectivity index (χ1) is 21.0. The fraction of sp³-hybridized carbons (Fsp3) is 0.459. The molecular weight excluding hydrogens is 534 g/mol. The van der Waals surface area contributed by atoms with Crippen LogP contribution in [0.3, 0.4) is 0 Å². The average molecular weight is 582 g/mol. The van der Waals surface area contributed by atoms with Crippen molar-refractivity contribution in [2.45, 2.75) is 63.5 Å². The summed E-state index contributed by atoms with van der Waals surface area (Å²) < 4.78 is 5.74. The number of nitrogens with zero attached hydrogens (tertiary/aromatic N) is 3. The molecule has 0 spiro atoms. The minimum Gasteiger partial charge on any atom is -0.449 e. The molecule has 228 valence electrons. The molecule has 0 bridgehead atoms. The van der Waals surface area contributed by atoms with Gasteiger partial charge in [-0.05, 0) is 67.2 Å². The lowest BCUT2D eigenvalue weighted by Gasteiger charge is -2.39. The van der Waals surface area contributed by atoms with Gasteiger partial charge in [-0.2, -0.15) is 0 Å². The number of carbonyl (C=O) groups excluding carboxylic acids is 2. The van der Waals surface area contributed by atoms with Gasteiger partial charge in [0.15, 0.2) is 0 Å². The predicted octanol–water partition coefficient (Wildman–Crippen LogP) is 6.88. The molecule has 2 fully saturated rings. The largest absolute Gasteiger partial charge is 0.449 e. The minimum atomic E-state index is -0.176. The number of benzene rings is 3.